The number of para-hydroxylation sites is 2. The van der Waals surface area contributed by atoms with Crippen molar-refractivity contribution in [3.05, 3.63) is 42.0 Å². The van der Waals surface area contributed by atoms with Crippen LogP contribution in [0.1, 0.15) is 37.6 Å². The number of anilines is 1. The predicted octanol–water partition coefficient (Wildman–Crippen LogP) is 3.87. The summed E-state index contributed by atoms with van der Waals surface area (Å²) in [6.45, 7) is 6.51. The molecule has 2 aromatic carbocycles. The fourth-order valence-electron chi connectivity index (χ4n) is 3.78. The number of nitrogens with zero attached hydrogens (tertiary/aromatic N) is 2. The molecule has 182 valence electrons. The van der Waals surface area contributed by atoms with Gasteiger partial charge in [-0.05, 0) is 36.6 Å². The highest BCUT2D eigenvalue weighted by atomic mass is 16.5. The summed E-state index contributed by atoms with van der Waals surface area (Å²) in [6, 6.07) is 10.0. The Balaban J connectivity index is 1.86. The van der Waals surface area contributed by atoms with Crippen LogP contribution in [0.2, 0.25) is 0 Å². The number of nitrogens with one attached hydrogen (secondary N) is 2. The average molecular weight is 469 g/mol. The van der Waals surface area contributed by atoms with Crippen LogP contribution in [0.15, 0.2) is 36.4 Å². The first-order chi connectivity index (χ1) is 16.3. The maximum absolute atomic E-state index is 13.3. The Morgan fingerprint density at radius 3 is 2.24 bits per heavy atom. The van der Waals surface area contributed by atoms with E-state index in [-0.39, 0.29) is 17.4 Å². The van der Waals surface area contributed by atoms with E-state index in [1.165, 1.54) is 21.3 Å². The van der Waals surface area contributed by atoms with Gasteiger partial charge in [0.25, 0.3) is 5.91 Å². The number of hydrogen-bond donors (Lipinski definition) is 2. The maximum Gasteiger partial charge on any atom is 0.252 e. The fraction of sp³-hybridized carbons (Fsp3) is 0.400. The van der Waals surface area contributed by atoms with E-state index in [4.69, 9.17) is 14.2 Å². The number of fused-ring (bicyclic) bond motifs is 1. The molecule has 1 heterocycles. The van der Waals surface area contributed by atoms with Crippen LogP contribution in [-0.4, -0.2) is 48.7 Å². The highest BCUT2D eigenvalue weighted by molar-refractivity contribution is 6.02. The normalized spacial score (nSPS) is 11.9. The Labute approximate surface area is 199 Å². The molecule has 1 atom stereocenters. The minimum absolute atomic E-state index is 0.171. The molecule has 0 saturated heterocycles. The molecule has 0 aliphatic carbocycles. The quantitative estimate of drug-likeness (QED) is 0.468. The number of carbonyl (C=O) groups excluding carboxylic acids is 2. The van der Waals surface area contributed by atoms with Gasteiger partial charge in [-0.15, -0.1) is 0 Å². The Hall–Kier alpha value is -3.75. The van der Waals surface area contributed by atoms with Gasteiger partial charge in [0.05, 0.1) is 32.4 Å². The number of aromatic nitrogens is 2. The van der Waals surface area contributed by atoms with E-state index in [0.717, 1.165) is 17.5 Å². The molecule has 2 amide bonds. The zero-order chi connectivity index (χ0) is 24.8. The zero-order valence-corrected chi connectivity index (χ0v) is 20.5. The van der Waals surface area contributed by atoms with Gasteiger partial charge in [-0.2, -0.15) is 0 Å². The molecule has 34 heavy (non-hydrogen) atoms. The molecule has 9 heteroatoms. The minimum atomic E-state index is -0.790. The van der Waals surface area contributed by atoms with E-state index in [1.807, 2.05) is 42.7 Å². The first-order valence-corrected chi connectivity index (χ1v) is 11.2. The fourth-order valence-corrected chi connectivity index (χ4v) is 3.78. The standard InChI is InChI=1S/C25H32N4O5/c1-7-12-29-18-11-9-8-10-17(18)26-25(29)28-24(31)21(15(2)3)27-23(30)16-13-19(32-4)22(34-6)20(14-16)33-5/h8-11,13-15,21H,7,12H2,1-6H3,(H,27,30)(H,26,28,31)/t21-/m0/s1. The summed E-state index contributed by atoms with van der Waals surface area (Å²) >= 11 is 0. The summed E-state index contributed by atoms with van der Waals surface area (Å²) in [5, 5.41) is 5.75. The molecule has 3 aromatic rings. The van der Waals surface area contributed by atoms with Gasteiger partial charge in [-0.3, -0.25) is 14.9 Å². The summed E-state index contributed by atoms with van der Waals surface area (Å²) in [5.74, 6) is 0.598. The molecule has 0 unspecified atom stereocenters. The lowest BCUT2D eigenvalue weighted by Crippen LogP contribution is -2.47. The van der Waals surface area contributed by atoms with Crippen LogP contribution in [0.3, 0.4) is 0 Å². The third-order valence-electron chi connectivity index (χ3n) is 5.50. The second kappa shape index (κ2) is 10.9. The van der Waals surface area contributed by atoms with Crippen LogP contribution in [-0.2, 0) is 11.3 Å². The van der Waals surface area contributed by atoms with Crippen molar-refractivity contribution < 1.29 is 23.8 Å². The summed E-state index contributed by atoms with van der Waals surface area (Å²) in [6.07, 6.45) is 0.884. The first kappa shape index (κ1) is 24.9. The lowest BCUT2D eigenvalue weighted by Gasteiger charge is -2.22. The average Bonchev–Trinajstić information content (AvgIpc) is 3.17. The Morgan fingerprint density at radius 2 is 1.68 bits per heavy atom. The number of benzene rings is 2. The number of methoxy groups -OCH3 is 3. The molecule has 3 rings (SSSR count). The molecular weight excluding hydrogens is 436 g/mol. The van der Waals surface area contributed by atoms with E-state index in [9.17, 15) is 9.59 Å². The van der Waals surface area contributed by atoms with Gasteiger partial charge in [0.1, 0.15) is 6.04 Å². The monoisotopic (exact) mass is 468 g/mol. The predicted molar refractivity (Wildman–Crippen MR) is 131 cm³/mol. The van der Waals surface area contributed by atoms with Crippen molar-refractivity contribution >= 4 is 28.8 Å². The number of imidazole rings is 1. The molecule has 2 N–H and O–H groups in total. The van der Waals surface area contributed by atoms with E-state index in [1.54, 1.807) is 12.1 Å². The van der Waals surface area contributed by atoms with E-state index < -0.39 is 11.9 Å². The lowest BCUT2D eigenvalue weighted by molar-refractivity contribution is -0.119. The Morgan fingerprint density at radius 1 is 1.03 bits per heavy atom. The van der Waals surface area contributed by atoms with Crippen molar-refractivity contribution in [3.63, 3.8) is 0 Å². The van der Waals surface area contributed by atoms with E-state index in [2.05, 4.69) is 22.5 Å². The molecule has 0 aliphatic rings. The molecule has 9 nitrogen and oxygen atoms in total. The summed E-state index contributed by atoms with van der Waals surface area (Å²) in [4.78, 5) is 30.9. The van der Waals surface area contributed by atoms with Crippen molar-refractivity contribution in [2.45, 2.75) is 39.8 Å². The van der Waals surface area contributed by atoms with Crippen molar-refractivity contribution in [1.82, 2.24) is 14.9 Å². The molecule has 0 radical (unpaired) electrons. The van der Waals surface area contributed by atoms with Gasteiger partial charge in [0.15, 0.2) is 11.5 Å². The van der Waals surface area contributed by atoms with Gasteiger partial charge >= 0.3 is 0 Å². The van der Waals surface area contributed by atoms with E-state index >= 15 is 0 Å². The van der Waals surface area contributed by atoms with E-state index in [0.29, 0.717) is 29.7 Å². The van der Waals surface area contributed by atoms with Crippen molar-refractivity contribution in [1.29, 1.82) is 0 Å². The van der Waals surface area contributed by atoms with Crippen LogP contribution in [0.5, 0.6) is 17.2 Å². The molecule has 0 aliphatic heterocycles. The third kappa shape index (κ3) is 5.08. The van der Waals surface area contributed by atoms with Gasteiger partial charge in [0.2, 0.25) is 17.6 Å². The molecule has 1 aromatic heterocycles. The Bertz CT molecular complexity index is 1150. The molecular formula is C25H32N4O5. The van der Waals surface area contributed by atoms with Crippen LogP contribution >= 0.6 is 0 Å². The smallest absolute Gasteiger partial charge is 0.252 e. The van der Waals surface area contributed by atoms with Gasteiger partial charge in [0, 0.05) is 12.1 Å². The van der Waals surface area contributed by atoms with Crippen LogP contribution in [0.4, 0.5) is 5.95 Å². The number of aryl methyl sites for hydroxylation is 1. The number of amides is 2. The highest BCUT2D eigenvalue weighted by Gasteiger charge is 2.27. The van der Waals surface area contributed by atoms with Crippen molar-refractivity contribution in [2.75, 3.05) is 26.6 Å². The van der Waals surface area contributed by atoms with Crippen LogP contribution in [0, 0.1) is 5.92 Å². The number of rotatable bonds is 10. The van der Waals surface area contributed by atoms with Crippen molar-refractivity contribution in [2.24, 2.45) is 5.92 Å². The number of carbonyl (C=O) groups is 2. The molecule has 0 spiro atoms. The van der Waals surface area contributed by atoms with Gasteiger partial charge in [-0.1, -0.05) is 32.9 Å². The van der Waals surface area contributed by atoms with Gasteiger partial charge in [-0.25, -0.2) is 4.98 Å². The summed E-state index contributed by atoms with van der Waals surface area (Å²) in [7, 11) is 4.45. The number of ether oxygens (including phenoxy) is 3. The number of hydrogen-bond acceptors (Lipinski definition) is 6. The Kier molecular flexibility index (Phi) is 7.99. The minimum Gasteiger partial charge on any atom is -0.493 e. The summed E-state index contributed by atoms with van der Waals surface area (Å²) < 4.78 is 18.0. The zero-order valence-electron chi connectivity index (χ0n) is 20.5. The highest BCUT2D eigenvalue weighted by Crippen LogP contribution is 2.38. The second-order valence-corrected chi connectivity index (χ2v) is 8.17. The van der Waals surface area contributed by atoms with Gasteiger partial charge < -0.3 is 24.1 Å². The maximum atomic E-state index is 13.3. The van der Waals surface area contributed by atoms with Crippen LogP contribution < -0.4 is 24.8 Å². The van der Waals surface area contributed by atoms with Crippen LogP contribution in [0.25, 0.3) is 11.0 Å². The second-order valence-electron chi connectivity index (χ2n) is 8.17. The summed E-state index contributed by atoms with van der Waals surface area (Å²) in [5.41, 5.74) is 2.03. The topological polar surface area (TPSA) is 104 Å². The molecule has 0 saturated carbocycles. The van der Waals surface area contributed by atoms with Crippen molar-refractivity contribution in [3.8, 4) is 17.2 Å². The SMILES string of the molecule is CCCn1c(NC(=O)[C@@H](NC(=O)c2cc(OC)c(OC)c(OC)c2)C(C)C)nc2ccccc21. The largest absolute Gasteiger partial charge is 0.493 e. The molecule has 0 fully saturated rings. The first-order valence-electron chi connectivity index (χ1n) is 11.2. The lowest BCUT2D eigenvalue weighted by atomic mass is 10.0. The molecule has 0 bridgehead atoms. The third-order valence-corrected chi connectivity index (χ3v) is 5.50.